The molecule has 0 unspecified atom stereocenters. The van der Waals surface area contributed by atoms with Crippen LogP contribution in [0.15, 0.2) is 55.1 Å². The van der Waals surface area contributed by atoms with E-state index in [1.54, 1.807) is 31.4 Å². The number of para-hydroxylation sites is 1. The van der Waals surface area contributed by atoms with Gasteiger partial charge >= 0.3 is 0 Å². The van der Waals surface area contributed by atoms with Crippen molar-refractivity contribution in [2.75, 3.05) is 40.0 Å². The molecule has 2 aromatic rings. The van der Waals surface area contributed by atoms with E-state index in [4.69, 9.17) is 14.2 Å². The van der Waals surface area contributed by atoms with E-state index in [0.29, 0.717) is 36.8 Å². The van der Waals surface area contributed by atoms with Gasteiger partial charge in [-0.3, -0.25) is 4.79 Å². The number of methoxy groups -OCH3 is 1. The average molecular weight is 413 g/mol. The Labute approximate surface area is 179 Å². The predicted octanol–water partition coefficient (Wildman–Crippen LogP) is 3.91. The number of likely N-dealkylation sites (N-methyl/N-ethyl adjacent to an activating group) is 1. The van der Waals surface area contributed by atoms with Crippen LogP contribution in [-0.2, 0) is 6.54 Å². The Morgan fingerprint density at radius 3 is 2.53 bits per heavy atom. The van der Waals surface area contributed by atoms with E-state index in [2.05, 4.69) is 30.6 Å². The lowest BCUT2D eigenvalue weighted by Crippen LogP contribution is -2.28. The SMILES string of the molecule is C=CCOc1ccc(C(=O)NCc2ccccc2OCCN(CC)CC)cc1OC. The molecule has 0 saturated heterocycles. The van der Waals surface area contributed by atoms with Crippen LogP contribution in [0.1, 0.15) is 29.8 Å². The quantitative estimate of drug-likeness (QED) is 0.506. The van der Waals surface area contributed by atoms with Crippen molar-refractivity contribution in [3.63, 3.8) is 0 Å². The third-order valence-corrected chi connectivity index (χ3v) is 4.75. The van der Waals surface area contributed by atoms with E-state index in [1.165, 1.54) is 0 Å². The molecule has 0 aromatic heterocycles. The highest BCUT2D eigenvalue weighted by atomic mass is 16.5. The second-order valence-electron chi connectivity index (χ2n) is 6.63. The van der Waals surface area contributed by atoms with E-state index in [-0.39, 0.29) is 5.91 Å². The van der Waals surface area contributed by atoms with Gasteiger partial charge in [-0.1, -0.05) is 44.7 Å². The van der Waals surface area contributed by atoms with Crippen molar-refractivity contribution in [1.29, 1.82) is 0 Å². The molecule has 0 atom stereocenters. The second kappa shape index (κ2) is 12.5. The van der Waals surface area contributed by atoms with E-state index in [1.807, 2.05) is 24.3 Å². The predicted molar refractivity (Wildman–Crippen MR) is 120 cm³/mol. The zero-order valence-corrected chi connectivity index (χ0v) is 18.1. The lowest BCUT2D eigenvalue weighted by molar-refractivity contribution is 0.0950. The molecule has 0 radical (unpaired) electrons. The van der Waals surface area contributed by atoms with Gasteiger partial charge in [0, 0.05) is 24.2 Å². The van der Waals surface area contributed by atoms with Gasteiger partial charge in [-0.25, -0.2) is 0 Å². The van der Waals surface area contributed by atoms with E-state index in [9.17, 15) is 4.79 Å². The van der Waals surface area contributed by atoms with Crippen LogP contribution in [0.5, 0.6) is 17.2 Å². The van der Waals surface area contributed by atoms with Gasteiger partial charge in [0.1, 0.15) is 19.0 Å². The minimum atomic E-state index is -0.193. The lowest BCUT2D eigenvalue weighted by atomic mass is 10.1. The Morgan fingerprint density at radius 1 is 1.07 bits per heavy atom. The van der Waals surface area contributed by atoms with E-state index < -0.39 is 0 Å². The Bertz CT molecular complexity index is 819. The highest BCUT2D eigenvalue weighted by Crippen LogP contribution is 2.28. The van der Waals surface area contributed by atoms with Crippen molar-refractivity contribution in [2.24, 2.45) is 0 Å². The molecule has 6 heteroatoms. The van der Waals surface area contributed by atoms with Gasteiger partial charge in [-0.2, -0.15) is 0 Å². The zero-order valence-electron chi connectivity index (χ0n) is 18.1. The Hall–Kier alpha value is -2.99. The smallest absolute Gasteiger partial charge is 0.251 e. The largest absolute Gasteiger partial charge is 0.493 e. The Kier molecular flexibility index (Phi) is 9.74. The molecule has 30 heavy (non-hydrogen) atoms. The van der Waals surface area contributed by atoms with Gasteiger partial charge in [-0.15, -0.1) is 0 Å². The maximum absolute atomic E-state index is 12.6. The summed E-state index contributed by atoms with van der Waals surface area (Å²) >= 11 is 0. The molecule has 1 N–H and O–H groups in total. The fourth-order valence-corrected chi connectivity index (χ4v) is 2.97. The molecule has 0 saturated carbocycles. The highest BCUT2D eigenvalue weighted by molar-refractivity contribution is 5.94. The molecule has 0 aliphatic carbocycles. The van der Waals surface area contributed by atoms with Crippen LogP contribution in [-0.4, -0.2) is 50.8 Å². The number of amides is 1. The summed E-state index contributed by atoms with van der Waals surface area (Å²) in [5.41, 5.74) is 1.43. The fourth-order valence-electron chi connectivity index (χ4n) is 2.97. The lowest BCUT2D eigenvalue weighted by Gasteiger charge is -2.19. The number of hydrogen-bond acceptors (Lipinski definition) is 5. The van der Waals surface area contributed by atoms with Crippen molar-refractivity contribution in [1.82, 2.24) is 10.2 Å². The summed E-state index contributed by atoms with van der Waals surface area (Å²) in [5.74, 6) is 1.67. The molecule has 2 aromatic carbocycles. The van der Waals surface area contributed by atoms with Crippen molar-refractivity contribution >= 4 is 5.91 Å². The van der Waals surface area contributed by atoms with Crippen molar-refractivity contribution in [2.45, 2.75) is 20.4 Å². The van der Waals surface area contributed by atoms with Crippen LogP contribution in [0.2, 0.25) is 0 Å². The van der Waals surface area contributed by atoms with E-state index >= 15 is 0 Å². The summed E-state index contributed by atoms with van der Waals surface area (Å²) in [7, 11) is 1.55. The number of nitrogens with zero attached hydrogens (tertiary/aromatic N) is 1. The number of benzene rings is 2. The maximum atomic E-state index is 12.6. The third kappa shape index (κ3) is 6.81. The number of nitrogens with one attached hydrogen (secondary N) is 1. The molecule has 0 aliphatic rings. The van der Waals surface area contributed by atoms with Crippen LogP contribution in [0.25, 0.3) is 0 Å². The number of carbonyl (C=O) groups is 1. The topological polar surface area (TPSA) is 60.0 Å². The molecular weight excluding hydrogens is 380 g/mol. The maximum Gasteiger partial charge on any atom is 0.251 e. The molecule has 0 bridgehead atoms. The Morgan fingerprint density at radius 2 is 1.83 bits per heavy atom. The van der Waals surface area contributed by atoms with E-state index in [0.717, 1.165) is 30.9 Å². The molecular formula is C24H32N2O4. The first kappa shape index (κ1) is 23.3. The van der Waals surface area contributed by atoms with Gasteiger partial charge in [0.15, 0.2) is 11.5 Å². The van der Waals surface area contributed by atoms with Crippen LogP contribution in [0.4, 0.5) is 0 Å². The minimum Gasteiger partial charge on any atom is -0.493 e. The van der Waals surface area contributed by atoms with Crippen LogP contribution in [0, 0.1) is 0 Å². The monoisotopic (exact) mass is 412 g/mol. The standard InChI is InChI=1S/C24H32N2O4/c1-5-15-29-22-13-12-19(17-23(22)28-4)24(27)25-18-20-10-8-9-11-21(20)30-16-14-26(6-2)7-3/h5,8-13,17H,1,6-7,14-16,18H2,2-4H3,(H,25,27). The second-order valence-corrected chi connectivity index (χ2v) is 6.63. The first-order valence-corrected chi connectivity index (χ1v) is 10.3. The van der Waals surface area contributed by atoms with Crippen molar-refractivity contribution in [3.8, 4) is 17.2 Å². The average Bonchev–Trinajstić information content (AvgIpc) is 2.79. The summed E-state index contributed by atoms with van der Waals surface area (Å²) < 4.78 is 16.8. The summed E-state index contributed by atoms with van der Waals surface area (Å²) in [4.78, 5) is 14.9. The zero-order chi connectivity index (χ0) is 21.8. The van der Waals surface area contributed by atoms with Gasteiger partial charge < -0.3 is 24.4 Å². The summed E-state index contributed by atoms with van der Waals surface area (Å²) in [6, 6.07) is 12.9. The molecule has 6 nitrogen and oxygen atoms in total. The van der Waals surface area contributed by atoms with Gasteiger partial charge in [0.25, 0.3) is 5.91 Å². The van der Waals surface area contributed by atoms with Gasteiger partial charge in [0.05, 0.1) is 7.11 Å². The van der Waals surface area contributed by atoms with Crippen molar-refractivity contribution in [3.05, 3.63) is 66.2 Å². The summed E-state index contributed by atoms with van der Waals surface area (Å²) in [6.45, 7) is 12.1. The first-order valence-electron chi connectivity index (χ1n) is 10.3. The fraction of sp³-hybridized carbons (Fsp3) is 0.375. The van der Waals surface area contributed by atoms with Gasteiger partial charge in [0.2, 0.25) is 0 Å². The normalized spacial score (nSPS) is 10.5. The molecule has 2 rings (SSSR count). The molecule has 162 valence electrons. The number of ether oxygens (including phenoxy) is 3. The molecule has 1 amide bonds. The highest BCUT2D eigenvalue weighted by Gasteiger charge is 2.12. The third-order valence-electron chi connectivity index (χ3n) is 4.75. The van der Waals surface area contributed by atoms with Crippen molar-refractivity contribution < 1.29 is 19.0 Å². The molecule has 0 fully saturated rings. The summed E-state index contributed by atoms with van der Waals surface area (Å²) in [5, 5.41) is 2.95. The molecule has 0 aliphatic heterocycles. The Balaban J connectivity index is 1.98. The molecule has 0 heterocycles. The summed E-state index contributed by atoms with van der Waals surface area (Å²) in [6.07, 6.45) is 1.65. The van der Waals surface area contributed by atoms with Crippen LogP contribution < -0.4 is 19.5 Å². The number of rotatable bonds is 13. The minimum absolute atomic E-state index is 0.193. The van der Waals surface area contributed by atoms with Crippen LogP contribution in [0.3, 0.4) is 0 Å². The number of hydrogen-bond donors (Lipinski definition) is 1. The van der Waals surface area contributed by atoms with Crippen LogP contribution >= 0.6 is 0 Å². The first-order chi connectivity index (χ1) is 14.6. The van der Waals surface area contributed by atoms with Gasteiger partial charge in [-0.05, 0) is 37.4 Å². The molecule has 0 spiro atoms. The number of carbonyl (C=O) groups excluding carboxylic acids is 1.